The first-order valence-corrected chi connectivity index (χ1v) is 7.32. The second kappa shape index (κ2) is 7.75. The van der Waals surface area contributed by atoms with E-state index < -0.39 is 5.82 Å². The van der Waals surface area contributed by atoms with Crippen LogP contribution in [-0.2, 0) is 20.4 Å². The maximum atomic E-state index is 13.7. The van der Waals surface area contributed by atoms with Crippen molar-refractivity contribution in [1.29, 1.82) is 0 Å². The summed E-state index contributed by atoms with van der Waals surface area (Å²) >= 11 is 0. The molecule has 1 heterocycles. The maximum Gasteiger partial charge on any atom is 0.117 e. The molecule has 2 radical (unpaired) electrons. The molecule has 2 nitrogen and oxygen atoms in total. The van der Waals surface area contributed by atoms with E-state index in [1.165, 1.54) is 18.0 Å². The van der Waals surface area contributed by atoms with E-state index in [0.29, 0.717) is 0 Å². The molecular weight excluding hydrogens is 392 g/mol. The van der Waals surface area contributed by atoms with Crippen LogP contribution in [0.25, 0.3) is 11.6 Å². The molecule has 0 N–H and O–H groups in total. The molecule has 0 aliphatic rings. The summed E-state index contributed by atoms with van der Waals surface area (Å²) in [5, 5.41) is 0. The number of hydrogen-bond acceptors (Lipinski definition) is 1. The monoisotopic (exact) mass is 407 g/mol. The minimum Gasteiger partial charge on any atom is -0.449 e. The van der Waals surface area contributed by atoms with Gasteiger partial charge >= 0.3 is 0 Å². The Hall–Kier alpha value is -1.95. The second-order valence-electron chi connectivity index (χ2n) is 5.49. The summed E-state index contributed by atoms with van der Waals surface area (Å²) in [7, 11) is 5.55. The fourth-order valence-electron chi connectivity index (χ4n) is 2.50. The average molecular weight is 408 g/mol. The summed E-state index contributed by atoms with van der Waals surface area (Å²) in [4.78, 5) is 8.35. The normalized spacial score (nSPS) is 11.2. The molecule has 0 aliphatic heterocycles. The van der Waals surface area contributed by atoms with Crippen molar-refractivity contribution in [3.8, 4) is 0 Å². The molecule has 0 spiro atoms. The third kappa shape index (κ3) is 3.75. The van der Waals surface area contributed by atoms with Gasteiger partial charge in [0.25, 0.3) is 0 Å². The summed E-state index contributed by atoms with van der Waals surface area (Å²) in [6, 6.07) is 10.9. The van der Waals surface area contributed by atoms with E-state index in [1.807, 2.05) is 18.2 Å². The van der Waals surface area contributed by atoms with Gasteiger partial charge in [0.05, 0.1) is 0 Å². The first kappa shape index (κ1) is 18.4. The Bertz CT molecular complexity index is 873. The van der Waals surface area contributed by atoms with Crippen LogP contribution in [0.3, 0.4) is 0 Å². The molecule has 1 aromatic heterocycles. The zero-order valence-corrected chi connectivity index (χ0v) is 14.9. The van der Waals surface area contributed by atoms with Gasteiger partial charge in [0.2, 0.25) is 0 Å². The van der Waals surface area contributed by atoms with E-state index in [1.54, 1.807) is 18.3 Å². The van der Waals surface area contributed by atoms with Crippen molar-refractivity contribution < 1.29 is 24.8 Å². The van der Waals surface area contributed by atoms with Crippen LogP contribution in [0.5, 0.6) is 0 Å². The van der Waals surface area contributed by atoms with Crippen molar-refractivity contribution in [3.05, 3.63) is 82.7 Å². The summed E-state index contributed by atoms with van der Waals surface area (Å²) < 4.78 is 13.7. The first-order chi connectivity index (χ1) is 11.1. The minimum atomic E-state index is -0.423. The molecule has 2 aromatic carbocycles. The number of nitrogens with zero attached hydrogens (tertiary/aromatic N) is 2. The summed E-state index contributed by atoms with van der Waals surface area (Å²) in [5.74, 6) is -0.423. The molecule has 0 fully saturated rings. The molecule has 0 unspecified atom stereocenters. The van der Waals surface area contributed by atoms with Crippen molar-refractivity contribution in [2.24, 2.45) is 0 Å². The van der Waals surface area contributed by atoms with Crippen LogP contribution in [0.4, 0.5) is 4.39 Å². The fourth-order valence-corrected chi connectivity index (χ4v) is 2.50. The van der Waals surface area contributed by atoms with Gasteiger partial charge in [-0.2, -0.15) is 0 Å². The van der Waals surface area contributed by atoms with Gasteiger partial charge in [-0.25, -0.2) is 4.39 Å². The standard InChI is InChI=1S/C19H15BFN2.Pd/c1-12-4-3-5-15(13(12)2)16(19-10-22-11-23-19)8-14-6-7-17(20)18(21)9-14;/h3-11H,1-2H3;/q-1;/b16-8-;. The summed E-state index contributed by atoms with van der Waals surface area (Å²) in [5.41, 5.74) is 5.96. The van der Waals surface area contributed by atoms with E-state index in [2.05, 4.69) is 29.9 Å². The Morgan fingerprint density at radius 3 is 2.67 bits per heavy atom. The van der Waals surface area contributed by atoms with Gasteiger partial charge in [0.15, 0.2) is 0 Å². The van der Waals surface area contributed by atoms with Crippen molar-refractivity contribution in [2.75, 3.05) is 0 Å². The van der Waals surface area contributed by atoms with Crippen molar-refractivity contribution in [3.63, 3.8) is 0 Å². The third-order valence-corrected chi connectivity index (χ3v) is 3.97. The SMILES string of the molecule is [B]c1ccc(/C=C(\c2c[n-]cn2)c2cccc(C)c2C)cc1F.[Pd]. The van der Waals surface area contributed by atoms with Crippen LogP contribution in [0, 0.1) is 19.7 Å². The van der Waals surface area contributed by atoms with Crippen LogP contribution >= 0.6 is 0 Å². The third-order valence-electron chi connectivity index (χ3n) is 3.97. The number of aryl methyl sites for hydroxylation is 1. The zero-order valence-electron chi connectivity index (χ0n) is 13.4. The quantitative estimate of drug-likeness (QED) is 0.493. The Morgan fingerprint density at radius 2 is 2.00 bits per heavy atom. The van der Waals surface area contributed by atoms with E-state index in [9.17, 15) is 4.39 Å². The van der Waals surface area contributed by atoms with Crippen molar-refractivity contribution >= 4 is 25.0 Å². The van der Waals surface area contributed by atoms with E-state index in [-0.39, 0.29) is 25.9 Å². The van der Waals surface area contributed by atoms with E-state index >= 15 is 0 Å². The Balaban J connectivity index is 0.00000208. The number of halogens is 1. The van der Waals surface area contributed by atoms with E-state index in [0.717, 1.165) is 28.0 Å². The summed E-state index contributed by atoms with van der Waals surface area (Å²) in [6.07, 6.45) is 5.13. The molecule has 3 rings (SSSR count). The molecule has 5 heteroatoms. The molecule has 0 bridgehead atoms. The smallest absolute Gasteiger partial charge is 0.117 e. The second-order valence-corrected chi connectivity index (χ2v) is 5.49. The van der Waals surface area contributed by atoms with Crippen LogP contribution in [0.1, 0.15) is 27.9 Å². The number of hydrogen-bond donors (Lipinski definition) is 0. The Labute approximate surface area is 156 Å². The van der Waals surface area contributed by atoms with Crippen LogP contribution in [0.15, 0.2) is 48.9 Å². The van der Waals surface area contributed by atoms with Gasteiger partial charge in [-0.3, -0.25) is 0 Å². The molecule has 0 aliphatic carbocycles. The maximum absolute atomic E-state index is 13.7. The van der Waals surface area contributed by atoms with Crippen LogP contribution in [-0.4, -0.2) is 12.8 Å². The number of rotatable bonds is 3. The van der Waals surface area contributed by atoms with Crippen LogP contribution < -0.4 is 10.4 Å². The van der Waals surface area contributed by atoms with Crippen molar-refractivity contribution in [2.45, 2.75) is 13.8 Å². The topological polar surface area (TPSA) is 27.0 Å². The summed E-state index contributed by atoms with van der Waals surface area (Å²) in [6.45, 7) is 4.13. The largest absolute Gasteiger partial charge is 0.449 e. The van der Waals surface area contributed by atoms with E-state index in [4.69, 9.17) is 7.85 Å². The van der Waals surface area contributed by atoms with Gasteiger partial charge in [-0.05, 0) is 59.5 Å². The average Bonchev–Trinajstić information content (AvgIpc) is 3.06. The van der Waals surface area contributed by atoms with Gasteiger partial charge in [-0.1, -0.05) is 48.3 Å². The first-order valence-electron chi connectivity index (χ1n) is 7.32. The molecule has 3 aromatic rings. The zero-order chi connectivity index (χ0) is 16.4. The predicted octanol–water partition coefficient (Wildman–Crippen LogP) is 3.17. The van der Waals surface area contributed by atoms with Crippen molar-refractivity contribution in [1.82, 2.24) is 9.97 Å². The molecule has 0 amide bonds. The minimum absolute atomic E-state index is 0. The van der Waals surface area contributed by atoms with Gasteiger partial charge < -0.3 is 9.97 Å². The Morgan fingerprint density at radius 1 is 1.21 bits per heavy atom. The van der Waals surface area contributed by atoms with Gasteiger partial charge in [-0.15, -0.1) is 0 Å². The van der Waals surface area contributed by atoms with Gasteiger partial charge in [0.1, 0.15) is 13.7 Å². The number of benzene rings is 2. The molecule has 122 valence electrons. The molecule has 24 heavy (non-hydrogen) atoms. The molecule has 0 saturated carbocycles. The number of imidazole rings is 1. The molecule has 0 atom stereocenters. The van der Waals surface area contributed by atoms with Crippen LogP contribution in [0.2, 0.25) is 0 Å². The predicted molar refractivity (Wildman–Crippen MR) is 92.2 cm³/mol. The number of aromatic nitrogens is 2. The molecule has 0 saturated heterocycles. The van der Waals surface area contributed by atoms with Gasteiger partial charge in [0, 0.05) is 20.4 Å². The molecular formula is C19H15BFN2Pd-. The fraction of sp³-hybridized carbons (Fsp3) is 0.105. The Kier molecular flexibility index (Phi) is 5.93.